The van der Waals surface area contributed by atoms with Crippen LogP contribution >= 0.6 is 0 Å². The SMILES string of the molecule is Cc1ccc(C(C)C)c(C(=O)NC[C@@H](OC(N)=O)c2ccccc2)c1. The Morgan fingerprint density at radius 2 is 1.80 bits per heavy atom. The van der Waals surface area contributed by atoms with E-state index in [9.17, 15) is 9.59 Å². The summed E-state index contributed by atoms with van der Waals surface area (Å²) in [5.74, 6) is 0.0366. The van der Waals surface area contributed by atoms with E-state index in [1.807, 2.05) is 69.3 Å². The smallest absolute Gasteiger partial charge is 0.405 e. The molecule has 0 aliphatic rings. The van der Waals surface area contributed by atoms with Crippen molar-refractivity contribution in [1.29, 1.82) is 0 Å². The van der Waals surface area contributed by atoms with Crippen molar-refractivity contribution >= 4 is 12.0 Å². The van der Waals surface area contributed by atoms with Crippen molar-refractivity contribution in [2.75, 3.05) is 6.54 Å². The summed E-state index contributed by atoms with van der Waals surface area (Å²) in [6, 6.07) is 15.0. The average Bonchev–Trinajstić information content (AvgIpc) is 2.58. The molecule has 2 amide bonds. The lowest BCUT2D eigenvalue weighted by Crippen LogP contribution is -2.32. The van der Waals surface area contributed by atoms with Crippen LogP contribution < -0.4 is 11.1 Å². The van der Waals surface area contributed by atoms with Crippen molar-refractivity contribution in [2.45, 2.75) is 32.8 Å². The monoisotopic (exact) mass is 340 g/mol. The number of hydrogen-bond acceptors (Lipinski definition) is 3. The Hall–Kier alpha value is -2.82. The highest BCUT2D eigenvalue weighted by Gasteiger charge is 2.19. The number of ether oxygens (including phenoxy) is 1. The topological polar surface area (TPSA) is 81.4 Å². The second-order valence-electron chi connectivity index (χ2n) is 6.29. The quantitative estimate of drug-likeness (QED) is 0.841. The molecule has 5 nitrogen and oxygen atoms in total. The van der Waals surface area contributed by atoms with Crippen LogP contribution in [-0.2, 0) is 4.74 Å². The number of amides is 2. The second kappa shape index (κ2) is 8.33. The number of benzene rings is 2. The standard InChI is InChI=1S/C20H24N2O3/c1-13(2)16-10-9-14(3)11-17(16)19(23)22-12-18(25-20(21)24)15-7-5-4-6-8-15/h4-11,13,18H,12H2,1-3H3,(H2,21,24)(H,22,23)/t18-/m1/s1. The van der Waals surface area contributed by atoms with Crippen LogP contribution in [0.4, 0.5) is 4.79 Å². The molecular weight excluding hydrogens is 316 g/mol. The van der Waals surface area contributed by atoms with Gasteiger partial charge in [-0.15, -0.1) is 0 Å². The number of primary amides is 1. The van der Waals surface area contributed by atoms with Crippen LogP contribution in [0.5, 0.6) is 0 Å². The summed E-state index contributed by atoms with van der Waals surface area (Å²) < 4.78 is 5.15. The van der Waals surface area contributed by atoms with Gasteiger partial charge in [-0.2, -0.15) is 0 Å². The van der Waals surface area contributed by atoms with Crippen molar-refractivity contribution in [2.24, 2.45) is 5.73 Å². The van der Waals surface area contributed by atoms with Gasteiger partial charge in [0.15, 0.2) is 0 Å². The molecule has 0 aromatic heterocycles. The fourth-order valence-electron chi connectivity index (χ4n) is 2.69. The molecule has 0 unspecified atom stereocenters. The van der Waals surface area contributed by atoms with Crippen molar-refractivity contribution < 1.29 is 14.3 Å². The molecule has 132 valence electrons. The lowest BCUT2D eigenvalue weighted by atomic mass is 9.95. The van der Waals surface area contributed by atoms with Gasteiger partial charge in [0.25, 0.3) is 5.91 Å². The van der Waals surface area contributed by atoms with Crippen LogP contribution in [0.2, 0.25) is 0 Å². The summed E-state index contributed by atoms with van der Waals surface area (Å²) >= 11 is 0. The zero-order chi connectivity index (χ0) is 18.4. The Balaban J connectivity index is 2.16. The molecule has 25 heavy (non-hydrogen) atoms. The van der Waals surface area contributed by atoms with Crippen molar-refractivity contribution in [3.05, 3.63) is 70.8 Å². The third-order valence-electron chi connectivity index (χ3n) is 3.95. The van der Waals surface area contributed by atoms with E-state index < -0.39 is 12.2 Å². The third-order valence-corrected chi connectivity index (χ3v) is 3.95. The predicted octanol–water partition coefficient (Wildman–Crippen LogP) is 3.68. The summed E-state index contributed by atoms with van der Waals surface area (Å²) in [4.78, 5) is 23.8. The van der Waals surface area contributed by atoms with Gasteiger partial charge in [0.1, 0.15) is 6.10 Å². The number of carbonyl (C=O) groups is 2. The average molecular weight is 340 g/mol. The normalized spacial score (nSPS) is 11.8. The van der Waals surface area contributed by atoms with Gasteiger partial charge in [0.05, 0.1) is 6.54 Å². The van der Waals surface area contributed by atoms with E-state index in [2.05, 4.69) is 5.32 Å². The minimum Gasteiger partial charge on any atom is -0.440 e. The van der Waals surface area contributed by atoms with E-state index in [1.165, 1.54) is 0 Å². The first kappa shape index (κ1) is 18.5. The van der Waals surface area contributed by atoms with Crippen LogP contribution in [0.25, 0.3) is 0 Å². The summed E-state index contributed by atoms with van der Waals surface area (Å²) in [5, 5.41) is 2.85. The maximum atomic E-state index is 12.7. The zero-order valence-electron chi connectivity index (χ0n) is 14.8. The minimum absolute atomic E-state index is 0.150. The Labute approximate surface area is 148 Å². The van der Waals surface area contributed by atoms with Gasteiger partial charge in [0, 0.05) is 5.56 Å². The molecule has 2 rings (SSSR count). The van der Waals surface area contributed by atoms with Crippen molar-refractivity contribution in [1.82, 2.24) is 5.32 Å². The van der Waals surface area contributed by atoms with Crippen LogP contribution in [0.15, 0.2) is 48.5 Å². The van der Waals surface area contributed by atoms with Gasteiger partial charge < -0.3 is 15.8 Å². The van der Waals surface area contributed by atoms with E-state index >= 15 is 0 Å². The number of nitrogens with one attached hydrogen (secondary N) is 1. The van der Waals surface area contributed by atoms with E-state index in [0.717, 1.165) is 16.7 Å². The Morgan fingerprint density at radius 1 is 1.12 bits per heavy atom. The van der Waals surface area contributed by atoms with Crippen LogP contribution in [0.3, 0.4) is 0 Å². The summed E-state index contributed by atoms with van der Waals surface area (Å²) in [6.07, 6.45) is -1.50. The Kier molecular flexibility index (Phi) is 6.17. The maximum absolute atomic E-state index is 12.7. The Morgan fingerprint density at radius 3 is 2.40 bits per heavy atom. The molecule has 0 heterocycles. The van der Waals surface area contributed by atoms with Crippen LogP contribution in [-0.4, -0.2) is 18.5 Å². The molecule has 0 bridgehead atoms. The second-order valence-corrected chi connectivity index (χ2v) is 6.29. The van der Waals surface area contributed by atoms with Gasteiger partial charge in [0.2, 0.25) is 0 Å². The first-order valence-corrected chi connectivity index (χ1v) is 8.28. The number of nitrogens with two attached hydrogens (primary N) is 1. The van der Waals surface area contributed by atoms with E-state index in [-0.39, 0.29) is 18.4 Å². The van der Waals surface area contributed by atoms with E-state index in [1.54, 1.807) is 0 Å². The lowest BCUT2D eigenvalue weighted by Gasteiger charge is -2.19. The Bertz CT molecular complexity index is 742. The lowest BCUT2D eigenvalue weighted by molar-refractivity contribution is 0.0855. The summed E-state index contributed by atoms with van der Waals surface area (Å²) in [6.45, 7) is 6.19. The first-order chi connectivity index (χ1) is 11.9. The van der Waals surface area contributed by atoms with Crippen molar-refractivity contribution in [3.63, 3.8) is 0 Å². The first-order valence-electron chi connectivity index (χ1n) is 8.28. The molecule has 0 saturated heterocycles. The third kappa shape index (κ3) is 5.08. The molecule has 2 aromatic carbocycles. The fraction of sp³-hybridized carbons (Fsp3) is 0.300. The van der Waals surface area contributed by atoms with Crippen molar-refractivity contribution in [3.8, 4) is 0 Å². The van der Waals surface area contributed by atoms with Gasteiger partial charge in [-0.05, 0) is 30.0 Å². The minimum atomic E-state index is -0.874. The number of rotatable bonds is 6. The molecule has 3 N–H and O–H groups in total. The summed E-state index contributed by atoms with van der Waals surface area (Å²) in [5.41, 5.74) is 8.57. The van der Waals surface area contributed by atoms with Crippen LogP contribution in [0.1, 0.15) is 52.9 Å². The number of aryl methyl sites for hydroxylation is 1. The van der Waals surface area contributed by atoms with Gasteiger partial charge in [-0.25, -0.2) is 4.79 Å². The number of carbonyl (C=O) groups excluding carboxylic acids is 2. The number of hydrogen-bond donors (Lipinski definition) is 2. The molecule has 5 heteroatoms. The van der Waals surface area contributed by atoms with Gasteiger partial charge >= 0.3 is 6.09 Å². The van der Waals surface area contributed by atoms with E-state index in [4.69, 9.17) is 10.5 Å². The molecule has 0 aliphatic carbocycles. The fourth-order valence-corrected chi connectivity index (χ4v) is 2.69. The molecule has 0 radical (unpaired) electrons. The highest BCUT2D eigenvalue weighted by Crippen LogP contribution is 2.21. The highest BCUT2D eigenvalue weighted by molar-refractivity contribution is 5.96. The maximum Gasteiger partial charge on any atom is 0.405 e. The molecule has 0 saturated carbocycles. The molecule has 2 aromatic rings. The molecule has 1 atom stereocenters. The van der Waals surface area contributed by atoms with Crippen LogP contribution in [0, 0.1) is 6.92 Å². The summed E-state index contributed by atoms with van der Waals surface area (Å²) in [7, 11) is 0. The molecule has 0 aliphatic heterocycles. The highest BCUT2D eigenvalue weighted by atomic mass is 16.6. The molecule has 0 spiro atoms. The predicted molar refractivity (Wildman–Crippen MR) is 97.5 cm³/mol. The van der Waals surface area contributed by atoms with Gasteiger partial charge in [-0.3, -0.25) is 4.79 Å². The van der Waals surface area contributed by atoms with Gasteiger partial charge in [-0.1, -0.05) is 61.9 Å². The largest absolute Gasteiger partial charge is 0.440 e. The zero-order valence-corrected chi connectivity index (χ0v) is 14.8. The molecule has 0 fully saturated rings. The van der Waals surface area contributed by atoms with E-state index in [0.29, 0.717) is 5.56 Å². The molecular formula is C20H24N2O3.